The van der Waals surface area contributed by atoms with Crippen molar-refractivity contribution in [2.75, 3.05) is 24.2 Å². The van der Waals surface area contributed by atoms with Crippen molar-refractivity contribution in [1.29, 1.82) is 0 Å². The van der Waals surface area contributed by atoms with Crippen LogP contribution in [0.1, 0.15) is 12.5 Å². The van der Waals surface area contributed by atoms with E-state index in [2.05, 4.69) is 17.0 Å². The first kappa shape index (κ1) is 15.6. The molecule has 5 N–H and O–H groups in total. The zero-order valence-electron chi connectivity index (χ0n) is 10.6. The van der Waals surface area contributed by atoms with Gasteiger partial charge in [-0.05, 0) is 17.9 Å². The maximum absolute atomic E-state index is 10.5. The maximum Gasteiger partial charge on any atom is 0.404 e. The van der Waals surface area contributed by atoms with Crippen LogP contribution in [0, 0.1) is 0 Å². The van der Waals surface area contributed by atoms with Gasteiger partial charge in [-0.3, -0.25) is 0 Å². The Morgan fingerprint density at radius 2 is 2.21 bits per heavy atom. The van der Waals surface area contributed by atoms with E-state index in [4.69, 9.17) is 23.7 Å². The molecule has 0 spiro atoms. The molecule has 19 heavy (non-hydrogen) atoms. The molecule has 0 unspecified atom stereocenters. The SMILES string of the molecule is CCSc1cccc(NCCOC(N)=O)c1C(N)=S. The standard InChI is InChI=1S/C12H17N3O2S2/c1-2-19-9-5-3-4-8(10(9)11(13)18)15-6-7-17-12(14)16/h3-5,15H,2,6-7H2,1H3,(H2,13,18)(H2,14,16). The Kier molecular flexibility index (Phi) is 6.44. The number of benzene rings is 1. The molecular weight excluding hydrogens is 282 g/mol. The minimum atomic E-state index is -0.786. The summed E-state index contributed by atoms with van der Waals surface area (Å²) in [4.78, 5) is 11.8. The fourth-order valence-corrected chi connectivity index (χ4v) is 2.68. The van der Waals surface area contributed by atoms with Gasteiger partial charge in [0.05, 0.1) is 0 Å². The van der Waals surface area contributed by atoms with Crippen LogP contribution in [0.15, 0.2) is 23.1 Å². The smallest absolute Gasteiger partial charge is 0.404 e. The van der Waals surface area contributed by atoms with Crippen molar-refractivity contribution in [2.45, 2.75) is 11.8 Å². The number of amides is 1. The highest BCUT2D eigenvalue weighted by Gasteiger charge is 2.10. The molecule has 0 heterocycles. The van der Waals surface area contributed by atoms with Gasteiger partial charge >= 0.3 is 6.09 Å². The number of anilines is 1. The molecule has 104 valence electrons. The van der Waals surface area contributed by atoms with Crippen LogP contribution in [-0.4, -0.2) is 30.0 Å². The van der Waals surface area contributed by atoms with Crippen molar-refractivity contribution in [3.05, 3.63) is 23.8 Å². The second kappa shape index (κ2) is 7.85. The lowest BCUT2D eigenvalue weighted by Crippen LogP contribution is -2.20. The predicted octanol–water partition coefficient (Wildman–Crippen LogP) is 1.94. The lowest BCUT2D eigenvalue weighted by molar-refractivity contribution is 0.161. The highest BCUT2D eigenvalue weighted by molar-refractivity contribution is 7.99. The van der Waals surface area contributed by atoms with Crippen molar-refractivity contribution in [3.8, 4) is 0 Å². The molecule has 7 heteroatoms. The summed E-state index contributed by atoms with van der Waals surface area (Å²) in [6, 6.07) is 5.79. The molecule has 0 bridgehead atoms. The monoisotopic (exact) mass is 299 g/mol. The molecule has 0 saturated carbocycles. The van der Waals surface area contributed by atoms with Gasteiger partial charge in [-0.2, -0.15) is 0 Å². The maximum atomic E-state index is 10.5. The molecule has 0 aromatic heterocycles. The van der Waals surface area contributed by atoms with Crippen molar-refractivity contribution >= 4 is 40.7 Å². The summed E-state index contributed by atoms with van der Waals surface area (Å²) in [6.07, 6.45) is -0.786. The fraction of sp³-hybridized carbons (Fsp3) is 0.333. The topological polar surface area (TPSA) is 90.4 Å². The first-order chi connectivity index (χ1) is 9.06. The van der Waals surface area contributed by atoms with Gasteiger partial charge in [0.2, 0.25) is 0 Å². The van der Waals surface area contributed by atoms with E-state index >= 15 is 0 Å². The molecule has 0 radical (unpaired) electrons. The second-order valence-electron chi connectivity index (χ2n) is 3.57. The van der Waals surface area contributed by atoms with Gasteiger partial charge < -0.3 is 21.5 Å². The molecule has 0 aliphatic carbocycles. The highest BCUT2D eigenvalue weighted by atomic mass is 32.2. The van der Waals surface area contributed by atoms with Crippen LogP contribution in [-0.2, 0) is 4.74 Å². The van der Waals surface area contributed by atoms with Crippen molar-refractivity contribution in [3.63, 3.8) is 0 Å². The molecule has 1 aromatic carbocycles. The number of thiocarbonyl (C=S) groups is 1. The molecular formula is C12H17N3O2S2. The number of nitrogens with one attached hydrogen (secondary N) is 1. The number of carbonyl (C=O) groups is 1. The number of thioether (sulfide) groups is 1. The summed E-state index contributed by atoms with van der Waals surface area (Å²) in [5, 5.41) is 3.14. The third kappa shape index (κ3) is 4.96. The van der Waals surface area contributed by atoms with E-state index in [-0.39, 0.29) is 6.61 Å². The molecule has 1 amide bonds. The number of nitrogens with two attached hydrogens (primary N) is 2. The Morgan fingerprint density at radius 1 is 1.47 bits per heavy atom. The summed E-state index contributed by atoms with van der Waals surface area (Å²) >= 11 is 6.77. The largest absolute Gasteiger partial charge is 0.448 e. The van der Waals surface area contributed by atoms with Crippen LogP contribution in [0.25, 0.3) is 0 Å². The lowest BCUT2D eigenvalue weighted by atomic mass is 10.1. The van der Waals surface area contributed by atoms with Gasteiger partial charge in [-0.1, -0.05) is 25.2 Å². The first-order valence-electron chi connectivity index (χ1n) is 5.78. The van der Waals surface area contributed by atoms with E-state index < -0.39 is 6.09 Å². The molecule has 0 fully saturated rings. The highest BCUT2D eigenvalue weighted by Crippen LogP contribution is 2.28. The summed E-state index contributed by atoms with van der Waals surface area (Å²) < 4.78 is 4.65. The Balaban J connectivity index is 2.78. The molecule has 0 saturated heterocycles. The molecule has 1 aromatic rings. The summed E-state index contributed by atoms with van der Waals surface area (Å²) in [5.41, 5.74) is 12.3. The van der Waals surface area contributed by atoms with Crippen LogP contribution in [0.4, 0.5) is 10.5 Å². The third-order valence-electron chi connectivity index (χ3n) is 2.23. The van der Waals surface area contributed by atoms with E-state index in [1.165, 1.54) is 0 Å². The third-order valence-corrected chi connectivity index (χ3v) is 3.38. The van der Waals surface area contributed by atoms with Gasteiger partial charge in [0.1, 0.15) is 11.6 Å². The average molecular weight is 299 g/mol. The van der Waals surface area contributed by atoms with Crippen molar-refractivity contribution in [1.82, 2.24) is 0 Å². The van der Waals surface area contributed by atoms with Gasteiger partial charge in [0.25, 0.3) is 0 Å². The van der Waals surface area contributed by atoms with E-state index in [0.29, 0.717) is 11.5 Å². The van der Waals surface area contributed by atoms with Crippen molar-refractivity contribution < 1.29 is 9.53 Å². The zero-order chi connectivity index (χ0) is 14.3. The molecule has 5 nitrogen and oxygen atoms in total. The number of rotatable bonds is 7. The molecule has 0 aliphatic heterocycles. The number of carbonyl (C=O) groups excluding carboxylic acids is 1. The molecule has 0 aliphatic rings. The molecule has 1 rings (SSSR count). The van der Waals surface area contributed by atoms with Gasteiger partial charge in [-0.25, -0.2) is 4.79 Å². The fourth-order valence-electron chi connectivity index (χ4n) is 1.55. The van der Waals surface area contributed by atoms with Crippen LogP contribution in [0.5, 0.6) is 0 Å². The molecule has 0 atom stereocenters. The first-order valence-corrected chi connectivity index (χ1v) is 7.17. The number of hydrogen-bond acceptors (Lipinski definition) is 5. The summed E-state index contributed by atoms with van der Waals surface area (Å²) in [7, 11) is 0. The van der Waals surface area contributed by atoms with Crippen molar-refractivity contribution in [2.24, 2.45) is 11.5 Å². The van der Waals surface area contributed by atoms with Crippen LogP contribution in [0.2, 0.25) is 0 Å². The Hall–Kier alpha value is -1.47. The minimum Gasteiger partial charge on any atom is -0.448 e. The Morgan fingerprint density at radius 3 is 2.79 bits per heavy atom. The van der Waals surface area contributed by atoms with Crippen LogP contribution >= 0.6 is 24.0 Å². The summed E-state index contributed by atoms with van der Waals surface area (Å²) in [5.74, 6) is 0.934. The van der Waals surface area contributed by atoms with Gasteiger partial charge in [-0.15, -0.1) is 11.8 Å². The average Bonchev–Trinajstić information content (AvgIpc) is 2.34. The van der Waals surface area contributed by atoms with E-state index in [1.54, 1.807) is 11.8 Å². The quantitative estimate of drug-likeness (QED) is 0.405. The Labute approximate surface area is 122 Å². The second-order valence-corrected chi connectivity index (χ2v) is 5.32. The summed E-state index contributed by atoms with van der Waals surface area (Å²) in [6.45, 7) is 2.70. The number of hydrogen-bond donors (Lipinski definition) is 3. The predicted molar refractivity (Wildman–Crippen MR) is 82.8 cm³/mol. The van der Waals surface area contributed by atoms with Crippen LogP contribution < -0.4 is 16.8 Å². The Bertz CT molecular complexity index is 466. The van der Waals surface area contributed by atoms with E-state index in [9.17, 15) is 4.79 Å². The van der Waals surface area contributed by atoms with E-state index in [1.807, 2.05) is 18.2 Å². The van der Waals surface area contributed by atoms with E-state index in [0.717, 1.165) is 21.9 Å². The zero-order valence-corrected chi connectivity index (χ0v) is 12.3. The number of primary amides is 1. The lowest BCUT2D eigenvalue weighted by Gasteiger charge is -2.14. The van der Waals surface area contributed by atoms with Gasteiger partial charge in [0.15, 0.2) is 0 Å². The number of ether oxygens (including phenoxy) is 1. The minimum absolute atomic E-state index is 0.192. The van der Waals surface area contributed by atoms with Crippen LogP contribution in [0.3, 0.4) is 0 Å². The van der Waals surface area contributed by atoms with Gasteiger partial charge in [0, 0.05) is 22.7 Å². The normalized spacial score (nSPS) is 9.95.